The fourth-order valence-corrected chi connectivity index (χ4v) is 6.68. The van der Waals surface area contributed by atoms with E-state index in [4.69, 9.17) is 9.40 Å². The number of aromatic nitrogens is 3. The van der Waals surface area contributed by atoms with Crippen LogP contribution < -0.4 is 26.2 Å². The first-order valence-corrected chi connectivity index (χ1v) is 14.2. The van der Waals surface area contributed by atoms with Crippen molar-refractivity contribution in [2.24, 2.45) is 0 Å². The molecule has 1 aliphatic carbocycles. The molecule has 3 aliphatic heterocycles. The molecule has 12 heteroatoms. The number of fused-ring (bicyclic) bond motifs is 1. The number of piperazine rings is 1. The molecule has 3 aromatic rings. The van der Waals surface area contributed by atoms with E-state index in [-0.39, 0.29) is 18.4 Å². The van der Waals surface area contributed by atoms with Gasteiger partial charge in [0.2, 0.25) is 11.8 Å². The molecule has 4 fully saturated rings. The highest BCUT2D eigenvalue weighted by Gasteiger charge is 2.42. The van der Waals surface area contributed by atoms with Crippen molar-refractivity contribution in [1.29, 1.82) is 0 Å². The summed E-state index contributed by atoms with van der Waals surface area (Å²) in [5.74, 6) is 0.843. The molecule has 4 aliphatic rings. The van der Waals surface area contributed by atoms with Gasteiger partial charge in [-0.3, -0.25) is 20.3 Å². The third kappa shape index (κ3) is 4.84. The van der Waals surface area contributed by atoms with Crippen molar-refractivity contribution in [1.82, 2.24) is 41.3 Å². The second-order valence-corrected chi connectivity index (χ2v) is 11.5. The summed E-state index contributed by atoms with van der Waals surface area (Å²) < 4.78 is 7.02. The molecule has 37 heavy (non-hydrogen) atoms. The fourth-order valence-electron chi connectivity index (χ4n) is 5.57. The molecule has 3 unspecified atom stereocenters. The number of thiazole rings is 1. The smallest absolute Gasteiger partial charge is 0.318 e. The van der Waals surface area contributed by atoms with Gasteiger partial charge in [0.1, 0.15) is 17.2 Å². The first-order chi connectivity index (χ1) is 18.2. The molecule has 1 aromatic carbocycles. The standard InChI is InChI=1S/C25H33N9O2S/c35-21-19(23-28-17-5-1-2-6-18(17)37-23)20(27-16-4-3-9-26-14-16)29-24(30-21)33-10-12-34(13-11-33)25-32-31-22(36-25)15-7-8-15/h1-2,5-6,15-16,19-20,24,26-27,29H,3-4,7-14H2,(H,30,35)/t16-,19?,20?,24?/m1/s1. The summed E-state index contributed by atoms with van der Waals surface area (Å²) in [4.78, 5) is 22.9. The number of amides is 1. The van der Waals surface area contributed by atoms with E-state index in [2.05, 4.69) is 47.3 Å². The van der Waals surface area contributed by atoms with Gasteiger partial charge in [0.15, 0.2) is 0 Å². The molecule has 7 rings (SSSR count). The average Bonchev–Trinajstić information content (AvgIpc) is 3.50. The molecular formula is C25H33N9O2S. The molecule has 11 nitrogen and oxygen atoms in total. The molecule has 4 N–H and O–H groups in total. The number of piperidine rings is 1. The van der Waals surface area contributed by atoms with Crippen LogP contribution in [0, 0.1) is 0 Å². The number of hydrogen-bond acceptors (Lipinski definition) is 11. The van der Waals surface area contributed by atoms with E-state index in [1.54, 1.807) is 11.3 Å². The number of nitrogens with zero attached hydrogens (tertiary/aromatic N) is 5. The first-order valence-electron chi connectivity index (χ1n) is 13.4. The minimum Gasteiger partial charge on any atom is -0.408 e. The molecular weight excluding hydrogens is 490 g/mol. The highest BCUT2D eigenvalue weighted by Crippen LogP contribution is 2.40. The summed E-state index contributed by atoms with van der Waals surface area (Å²) >= 11 is 1.61. The Morgan fingerprint density at radius 1 is 1.08 bits per heavy atom. The number of carbonyl (C=O) groups is 1. The molecule has 4 atom stereocenters. The van der Waals surface area contributed by atoms with Crippen molar-refractivity contribution < 1.29 is 9.21 Å². The first kappa shape index (κ1) is 23.5. The van der Waals surface area contributed by atoms with Crippen LogP contribution in [-0.4, -0.2) is 83.8 Å². The van der Waals surface area contributed by atoms with Gasteiger partial charge >= 0.3 is 6.01 Å². The van der Waals surface area contributed by atoms with Gasteiger partial charge in [-0.05, 0) is 44.4 Å². The second-order valence-electron chi connectivity index (χ2n) is 10.5. The topological polar surface area (TPSA) is 123 Å². The van der Waals surface area contributed by atoms with Gasteiger partial charge in [0.05, 0.1) is 16.4 Å². The van der Waals surface area contributed by atoms with E-state index in [1.807, 2.05) is 18.2 Å². The lowest BCUT2D eigenvalue weighted by molar-refractivity contribution is -0.129. The summed E-state index contributed by atoms with van der Waals surface area (Å²) in [5, 5.41) is 23.6. The Kier molecular flexibility index (Phi) is 6.29. The Hall–Kier alpha value is -2.64. The lowest BCUT2D eigenvalue weighted by Gasteiger charge is -2.45. The summed E-state index contributed by atoms with van der Waals surface area (Å²) in [5.41, 5.74) is 0.942. The second kappa shape index (κ2) is 9.91. The normalized spacial score (nSPS) is 29.5. The van der Waals surface area contributed by atoms with E-state index < -0.39 is 5.92 Å². The average molecular weight is 524 g/mol. The Morgan fingerprint density at radius 2 is 1.95 bits per heavy atom. The Balaban J connectivity index is 1.06. The van der Waals surface area contributed by atoms with Crippen LogP contribution in [-0.2, 0) is 4.79 Å². The minimum absolute atomic E-state index is 0.0116. The van der Waals surface area contributed by atoms with Crippen LogP contribution in [0.5, 0.6) is 0 Å². The van der Waals surface area contributed by atoms with Crippen LogP contribution in [0.4, 0.5) is 6.01 Å². The molecule has 1 amide bonds. The lowest BCUT2D eigenvalue weighted by atomic mass is 10.00. The zero-order chi connectivity index (χ0) is 24.8. The van der Waals surface area contributed by atoms with E-state index in [0.717, 1.165) is 86.1 Å². The molecule has 0 radical (unpaired) electrons. The van der Waals surface area contributed by atoms with Crippen molar-refractivity contribution in [2.75, 3.05) is 44.2 Å². The number of anilines is 1. The van der Waals surface area contributed by atoms with E-state index in [9.17, 15) is 4.79 Å². The number of nitrogens with one attached hydrogen (secondary N) is 4. The predicted molar refractivity (Wildman–Crippen MR) is 140 cm³/mol. The lowest BCUT2D eigenvalue weighted by Crippen LogP contribution is -2.72. The fraction of sp³-hybridized carbons (Fsp3) is 0.600. The number of rotatable bonds is 6. The SMILES string of the molecule is O=C1NC(N2CCN(c3nnc(C4CC4)o3)CC2)NC(N[C@@H]2CCCNC2)C1c1nc2ccccc2s1. The molecule has 196 valence electrons. The monoisotopic (exact) mass is 523 g/mol. The molecule has 2 aromatic heterocycles. The maximum absolute atomic E-state index is 13.6. The third-order valence-corrected chi connectivity index (χ3v) is 8.95. The van der Waals surface area contributed by atoms with Crippen LogP contribution in [0.3, 0.4) is 0 Å². The summed E-state index contributed by atoms with van der Waals surface area (Å²) in [6.07, 6.45) is 4.05. The van der Waals surface area contributed by atoms with Crippen LogP contribution in [0.25, 0.3) is 10.2 Å². The number of benzene rings is 1. The Morgan fingerprint density at radius 3 is 2.73 bits per heavy atom. The van der Waals surface area contributed by atoms with Gasteiger partial charge in [-0.15, -0.1) is 16.4 Å². The van der Waals surface area contributed by atoms with E-state index >= 15 is 0 Å². The quantitative estimate of drug-likeness (QED) is 0.374. The maximum atomic E-state index is 13.6. The van der Waals surface area contributed by atoms with Crippen LogP contribution >= 0.6 is 11.3 Å². The Bertz CT molecular complexity index is 1210. The van der Waals surface area contributed by atoms with Gasteiger partial charge in [0.25, 0.3) is 0 Å². The van der Waals surface area contributed by atoms with Crippen molar-refractivity contribution in [3.05, 3.63) is 35.2 Å². The third-order valence-electron chi connectivity index (χ3n) is 7.83. The van der Waals surface area contributed by atoms with Gasteiger partial charge < -0.3 is 20.0 Å². The summed E-state index contributed by atoms with van der Waals surface area (Å²) in [6, 6.07) is 9.01. The van der Waals surface area contributed by atoms with Crippen LogP contribution in [0.15, 0.2) is 28.7 Å². The van der Waals surface area contributed by atoms with Gasteiger partial charge in [0, 0.05) is 44.7 Å². The van der Waals surface area contributed by atoms with Crippen molar-refractivity contribution in [3.8, 4) is 0 Å². The summed E-state index contributed by atoms with van der Waals surface area (Å²) in [6.45, 7) is 5.06. The summed E-state index contributed by atoms with van der Waals surface area (Å²) in [7, 11) is 0. The highest BCUT2D eigenvalue weighted by atomic mass is 32.1. The van der Waals surface area contributed by atoms with E-state index in [1.165, 1.54) is 0 Å². The van der Waals surface area contributed by atoms with Crippen LogP contribution in [0.2, 0.25) is 0 Å². The zero-order valence-electron chi connectivity index (χ0n) is 20.7. The van der Waals surface area contributed by atoms with E-state index in [0.29, 0.717) is 18.0 Å². The molecule has 0 spiro atoms. The number of hydrogen-bond donors (Lipinski definition) is 4. The zero-order valence-corrected chi connectivity index (χ0v) is 21.5. The molecule has 1 saturated carbocycles. The van der Waals surface area contributed by atoms with Gasteiger partial charge in [-0.2, -0.15) is 0 Å². The number of carbonyl (C=O) groups excluding carboxylic acids is 1. The van der Waals surface area contributed by atoms with Crippen molar-refractivity contribution in [3.63, 3.8) is 0 Å². The number of para-hydroxylation sites is 1. The largest absolute Gasteiger partial charge is 0.408 e. The van der Waals surface area contributed by atoms with Gasteiger partial charge in [-0.1, -0.05) is 17.2 Å². The van der Waals surface area contributed by atoms with Crippen LogP contribution in [0.1, 0.15) is 48.4 Å². The Labute approximate surface area is 219 Å². The molecule has 0 bridgehead atoms. The van der Waals surface area contributed by atoms with Crippen molar-refractivity contribution >= 4 is 33.5 Å². The van der Waals surface area contributed by atoms with Crippen molar-refractivity contribution in [2.45, 2.75) is 56.0 Å². The maximum Gasteiger partial charge on any atom is 0.318 e. The molecule has 5 heterocycles. The predicted octanol–water partition coefficient (Wildman–Crippen LogP) is 1.13. The minimum atomic E-state index is -0.392. The highest BCUT2D eigenvalue weighted by molar-refractivity contribution is 7.18. The molecule has 3 saturated heterocycles. The van der Waals surface area contributed by atoms with Gasteiger partial charge in [-0.25, -0.2) is 4.98 Å².